The van der Waals surface area contributed by atoms with Gasteiger partial charge in [-0.15, -0.1) is 0 Å². The first-order chi connectivity index (χ1) is 10.4. The third kappa shape index (κ3) is 5.81. The maximum atomic E-state index is 12.0. The monoisotopic (exact) mass is 374 g/mol. The molecule has 2 rings (SSSR count). The molecule has 0 bridgehead atoms. The minimum atomic E-state index is 0.187. The minimum absolute atomic E-state index is 0.187. The molecule has 0 aromatic heterocycles. The fourth-order valence-electron chi connectivity index (χ4n) is 2.20. The Kier molecular flexibility index (Phi) is 6.58. The van der Waals surface area contributed by atoms with Crippen molar-refractivity contribution in [2.75, 3.05) is 0 Å². The number of rotatable bonds is 6. The summed E-state index contributed by atoms with van der Waals surface area (Å²) in [5.41, 5.74) is 1.94. The number of carbonyl (C=O) groups is 1. The molecule has 2 aromatic rings. The lowest BCUT2D eigenvalue weighted by molar-refractivity contribution is -0.119. The molecule has 0 fully saturated rings. The van der Waals surface area contributed by atoms with E-state index in [1.807, 2.05) is 24.3 Å². The molecule has 22 heavy (non-hydrogen) atoms. The smallest absolute Gasteiger partial charge is 0.133 e. The molecule has 0 saturated heterocycles. The van der Waals surface area contributed by atoms with Crippen molar-refractivity contribution < 1.29 is 4.79 Å². The second-order valence-corrected chi connectivity index (χ2v) is 6.84. The van der Waals surface area contributed by atoms with Crippen LogP contribution in [0.3, 0.4) is 0 Å². The largest absolute Gasteiger partial charge is 0.300 e. The summed E-state index contributed by atoms with van der Waals surface area (Å²) in [6.45, 7) is 0. The highest BCUT2D eigenvalue weighted by atomic mass is 35.5. The molecule has 0 N–H and O–H groups in total. The summed E-state index contributed by atoms with van der Waals surface area (Å²) in [4.78, 5) is 12.0. The van der Waals surface area contributed by atoms with Gasteiger partial charge in [0.25, 0.3) is 0 Å². The summed E-state index contributed by atoms with van der Waals surface area (Å²) in [7, 11) is 0. The van der Waals surface area contributed by atoms with E-state index in [0.29, 0.717) is 45.8 Å². The van der Waals surface area contributed by atoms with Crippen LogP contribution in [0.25, 0.3) is 0 Å². The normalized spacial score (nSPS) is 10.7. The first kappa shape index (κ1) is 17.6. The van der Waals surface area contributed by atoms with Gasteiger partial charge >= 0.3 is 0 Å². The van der Waals surface area contributed by atoms with Crippen molar-refractivity contribution in [2.24, 2.45) is 0 Å². The van der Waals surface area contributed by atoms with E-state index in [2.05, 4.69) is 0 Å². The molecule has 0 atom stereocenters. The molecule has 116 valence electrons. The second-order valence-electron chi connectivity index (χ2n) is 5.09. The quantitative estimate of drug-likeness (QED) is 0.568. The molecule has 0 unspecified atom stereocenters. The number of hydrogen-bond donors (Lipinski definition) is 0. The lowest BCUT2D eigenvalue weighted by Crippen LogP contribution is -2.02. The number of ketones is 1. The van der Waals surface area contributed by atoms with E-state index in [0.717, 1.165) is 11.1 Å². The number of carbonyl (C=O) groups excluding carboxylic acids is 1. The van der Waals surface area contributed by atoms with Crippen LogP contribution in [0.4, 0.5) is 0 Å². The van der Waals surface area contributed by atoms with Gasteiger partial charge < -0.3 is 0 Å². The number of hydrogen-bond acceptors (Lipinski definition) is 1. The van der Waals surface area contributed by atoms with Crippen LogP contribution < -0.4 is 0 Å². The lowest BCUT2D eigenvalue weighted by Gasteiger charge is -2.05. The fraction of sp³-hybridized carbons (Fsp3) is 0.235. The first-order valence-corrected chi connectivity index (χ1v) is 8.35. The van der Waals surface area contributed by atoms with Crippen LogP contribution in [-0.2, 0) is 17.6 Å². The van der Waals surface area contributed by atoms with Gasteiger partial charge in [-0.3, -0.25) is 4.79 Å². The van der Waals surface area contributed by atoms with Crippen LogP contribution in [0.15, 0.2) is 36.4 Å². The van der Waals surface area contributed by atoms with E-state index in [9.17, 15) is 4.79 Å². The van der Waals surface area contributed by atoms with E-state index in [4.69, 9.17) is 46.4 Å². The molecule has 0 aliphatic carbocycles. The van der Waals surface area contributed by atoms with E-state index in [1.165, 1.54) is 0 Å². The molecule has 0 radical (unpaired) electrons. The fourth-order valence-corrected chi connectivity index (χ4v) is 3.35. The van der Waals surface area contributed by atoms with E-state index in [1.54, 1.807) is 12.1 Å². The predicted molar refractivity (Wildman–Crippen MR) is 94.6 cm³/mol. The van der Waals surface area contributed by atoms with Gasteiger partial charge in [0.2, 0.25) is 0 Å². The standard InChI is InChI=1S/C17H14Cl4O/c18-13-5-11(6-14(19)9-13)1-3-17(22)4-2-12-7-15(20)10-16(21)8-12/h5-10H,1-4H2. The number of benzene rings is 2. The molecule has 0 amide bonds. The van der Waals surface area contributed by atoms with E-state index in [-0.39, 0.29) is 5.78 Å². The molecule has 0 saturated carbocycles. The summed E-state index contributed by atoms with van der Waals surface area (Å²) in [6.07, 6.45) is 2.20. The highest BCUT2D eigenvalue weighted by molar-refractivity contribution is 6.35. The third-order valence-corrected chi connectivity index (χ3v) is 4.10. The maximum absolute atomic E-state index is 12.0. The van der Waals surface area contributed by atoms with Crippen LogP contribution >= 0.6 is 46.4 Å². The van der Waals surface area contributed by atoms with Gasteiger partial charge in [0.1, 0.15) is 5.78 Å². The number of aryl methyl sites for hydroxylation is 2. The van der Waals surface area contributed by atoms with E-state index >= 15 is 0 Å². The summed E-state index contributed by atoms with van der Waals surface area (Å²) in [5.74, 6) is 0.187. The van der Waals surface area contributed by atoms with Crippen molar-refractivity contribution in [3.05, 3.63) is 67.6 Å². The minimum Gasteiger partial charge on any atom is -0.300 e. The lowest BCUT2D eigenvalue weighted by atomic mass is 10.0. The number of halogens is 4. The Morgan fingerprint density at radius 1 is 0.636 bits per heavy atom. The van der Waals surface area contributed by atoms with Crippen LogP contribution in [0, 0.1) is 0 Å². The predicted octanol–water partition coefficient (Wildman–Crippen LogP) is 6.43. The van der Waals surface area contributed by atoms with Crippen molar-refractivity contribution in [1.82, 2.24) is 0 Å². The highest BCUT2D eigenvalue weighted by Gasteiger charge is 2.06. The molecule has 0 heterocycles. The van der Waals surface area contributed by atoms with Gasteiger partial charge in [-0.1, -0.05) is 46.4 Å². The highest BCUT2D eigenvalue weighted by Crippen LogP contribution is 2.22. The molecule has 2 aromatic carbocycles. The van der Waals surface area contributed by atoms with Gasteiger partial charge in [0.05, 0.1) is 0 Å². The molecule has 0 aliphatic heterocycles. The Morgan fingerprint density at radius 3 is 1.27 bits per heavy atom. The summed E-state index contributed by atoms with van der Waals surface area (Å²) in [5, 5.41) is 2.35. The van der Waals surface area contributed by atoms with Gasteiger partial charge in [-0.05, 0) is 60.4 Å². The van der Waals surface area contributed by atoms with Gasteiger partial charge in [0, 0.05) is 32.9 Å². The van der Waals surface area contributed by atoms with Crippen molar-refractivity contribution >= 4 is 52.2 Å². The van der Waals surface area contributed by atoms with Crippen molar-refractivity contribution in [1.29, 1.82) is 0 Å². The van der Waals surface area contributed by atoms with Crippen LogP contribution in [-0.4, -0.2) is 5.78 Å². The summed E-state index contributed by atoms with van der Waals surface area (Å²) in [6, 6.07) is 10.7. The van der Waals surface area contributed by atoms with Crippen molar-refractivity contribution in [2.45, 2.75) is 25.7 Å². The zero-order valence-corrected chi connectivity index (χ0v) is 14.7. The van der Waals surface area contributed by atoms with Crippen molar-refractivity contribution in [3.8, 4) is 0 Å². The third-order valence-electron chi connectivity index (χ3n) is 3.23. The number of Topliss-reactive ketones (excluding diaryl/α,β-unsaturated/α-hetero) is 1. The van der Waals surface area contributed by atoms with Crippen LogP contribution in [0.5, 0.6) is 0 Å². The SMILES string of the molecule is O=C(CCc1cc(Cl)cc(Cl)c1)CCc1cc(Cl)cc(Cl)c1. The van der Waals surface area contributed by atoms with E-state index < -0.39 is 0 Å². The van der Waals surface area contributed by atoms with Gasteiger partial charge in [0.15, 0.2) is 0 Å². The Morgan fingerprint density at radius 2 is 0.955 bits per heavy atom. The Labute approximate surface area is 150 Å². The molecular formula is C17H14Cl4O. The van der Waals surface area contributed by atoms with Crippen LogP contribution in [0.2, 0.25) is 20.1 Å². The zero-order chi connectivity index (χ0) is 16.1. The summed E-state index contributed by atoms with van der Waals surface area (Å²) < 4.78 is 0. The second kappa shape index (κ2) is 8.21. The van der Waals surface area contributed by atoms with Gasteiger partial charge in [-0.2, -0.15) is 0 Å². The van der Waals surface area contributed by atoms with Crippen molar-refractivity contribution in [3.63, 3.8) is 0 Å². The summed E-state index contributed by atoms with van der Waals surface area (Å²) >= 11 is 23.8. The molecule has 5 heteroatoms. The first-order valence-electron chi connectivity index (χ1n) is 6.84. The Bertz CT molecular complexity index is 584. The topological polar surface area (TPSA) is 17.1 Å². The Balaban J connectivity index is 1.85. The molecule has 1 nitrogen and oxygen atoms in total. The molecule has 0 spiro atoms. The maximum Gasteiger partial charge on any atom is 0.133 e. The average Bonchev–Trinajstić information content (AvgIpc) is 2.41. The van der Waals surface area contributed by atoms with Crippen LogP contribution in [0.1, 0.15) is 24.0 Å². The van der Waals surface area contributed by atoms with Gasteiger partial charge in [-0.25, -0.2) is 0 Å². The molecule has 0 aliphatic rings. The zero-order valence-electron chi connectivity index (χ0n) is 11.7. The molecular weight excluding hydrogens is 362 g/mol. The Hall–Kier alpha value is -0.730. The average molecular weight is 376 g/mol.